The highest BCUT2D eigenvalue weighted by atomic mass is 79.9. The van der Waals surface area contributed by atoms with Crippen molar-refractivity contribution in [2.75, 3.05) is 25.0 Å². The molecule has 0 radical (unpaired) electrons. The normalized spacial score (nSPS) is 14.6. The minimum Gasteiger partial charge on any atom is -0.347 e. The van der Waals surface area contributed by atoms with E-state index >= 15 is 0 Å². The van der Waals surface area contributed by atoms with E-state index in [4.69, 9.17) is 0 Å². The monoisotopic (exact) mass is 417 g/mol. The molecule has 7 heteroatoms. The van der Waals surface area contributed by atoms with Crippen LogP contribution in [0.15, 0.2) is 22.7 Å². The first-order valence-corrected chi connectivity index (χ1v) is 8.87. The van der Waals surface area contributed by atoms with Crippen LogP contribution in [0.4, 0.5) is 5.69 Å². The molecule has 1 aliphatic heterocycles. The molecular formula is C17H25BrClN3O2. The first-order chi connectivity index (χ1) is 11.0. The van der Waals surface area contributed by atoms with Crippen molar-refractivity contribution >= 4 is 45.8 Å². The van der Waals surface area contributed by atoms with Crippen LogP contribution in [0.2, 0.25) is 0 Å². The van der Waals surface area contributed by atoms with Gasteiger partial charge in [0.05, 0.1) is 6.54 Å². The molecule has 0 aromatic heterocycles. The van der Waals surface area contributed by atoms with E-state index in [2.05, 4.69) is 31.9 Å². The molecule has 1 saturated heterocycles. The van der Waals surface area contributed by atoms with E-state index in [0.717, 1.165) is 48.1 Å². The van der Waals surface area contributed by atoms with Gasteiger partial charge in [-0.1, -0.05) is 15.9 Å². The molecule has 0 unspecified atom stereocenters. The molecule has 1 aromatic carbocycles. The number of halogens is 2. The maximum Gasteiger partial charge on any atom is 0.243 e. The highest BCUT2D eigenvalue weighted by Crippen LogP contribution is 2.20. The highest BCUT2D eigenvalue weighted by Gasteiger charge is 2.14. The lowest BCUT2D eigenvalue weighted by Gasteiger charge is -2.22. The summed E-state index contributed by atoms with van der Waals surface area (Å²) in [4.78, 5) is 23.7. The lowest BCUT2D eigenvalue weighted by Crippen LogP contribution is -2.33. The van der Waals surface area contributed by atoms with Gasteiger partial charge in [-0.15, -0.1) is 12.4 Å². The van der Waals surface area contributed by atoms with Crippen LogP contribution in [0.1, 0.15) is 31.2 Å². The molecule has 0 spiro atoms. The highest BCUT2D eigenvalue weighted by molar-refractivity contribution is 9.10. The van der Waals surface area contributed by atoms with Crippen LogP contribution in [0.5, 0.6) is 0 Å². The Bertz CT molecular complexity index is 563. The topological polar surface area (TPSA) is 70.2 Å². The molecule has 5 nitrogen and oxygen atoms in total. The molecule has 2 amide bonds. The van der Waals surface area contributed by atoms with Gasteiger partial charge in [-0.3, -0.25) is 9.59 Å². The minimum atomic E-state index is -0.207. The van der Waals surface area contributed by atoms with Gasteiger partial charge in [-0.05, 0) is 69.0 Å². The van der Waals surface area contributed by atoms with Crippen molar-refractivity contribution in [1.82, 2.24) is 10.6 Å². The summed E-state index contributed by atoms with van der Waals surface area (Å²) in [5.74, 6) is 0.370. The predicted octanol–water partition coefficient (Wildman–Crippen LogP) is 3.01. The fourth-order valence-corrected chi connectivity index (χ4v) is 2.95. The Kier molecular flexibility index (Phi) is 9.33. The van der Waals surface area contributed by atoms with Crippen LogP contribution in [0, 0.1) is 12.8 Å². The van der Waals surface area contributed by atoms with Gasteiger partial charge in [0.25, 0.3) is 0 Å². The number of amides is 2. The third kappa shape index (κ3) is 7.20. The summed E-state index contributed by atoms with van der Waals surface area (Å²) in [6, 6.07) is 5.61. The number of hydrogen-bond donors (Lipinski definition) is 3. The van der Waals surface area contributed by atoms with Gasteiger partial charge in [0.1, 0.15) is 0 Å². The summed E-state index contributed by atoms with van der Waals surface area (Å²) >= 11 is 3.42. The molecule has 1 aliphatic rings. The van der Waals surface area contributed by atoms with Gasteiger partial charge in [-0.2, -0.15) is 0 Å². The van der Waals surface area contributed by atoms with Gasteiger partial charge in [0.15, 0.2) is 0 Å². The fraction of sp³-hybridized carbons (Fsp3) is 0.529. The second-order valence-electron chi connectivity index (χ2n) is 6.02. The maximum atomic E-state index is 11.9. The predicted molar refractivity (Wildman–Crippen MR) is 103 cm³/mol. The number of carbonyl (C=O) groups excluding carboxylic acids is 2. The van der Waals surface area contributed by atoms with E-state index in [1.165, 1.54) is 0 Å². The number of piperidine rings is 1. The van der Waals surface area contributed by atoms with Crippen LogP contribution < -0.4 is 16.0 Å². The van der Waals surface area contributed by atoms with Gasteiger partial charge >= 0.3 is 0 Å². The summed E-state index contributed by atoms with van der Waals surface area (Å²) in [5.41, 5.74) is 1.79. The molecular weight excluding hydrogens is 394 g/mol. The molecule has 0 bridgehead atoms. The van der Waals surface area contributed by atoms with Crippen molar-refractivity contribution in [3.8, 4) is 0 Å². The van der Waals surface area contributed by atoms with Crippen LogP contribution in [-0.4, -0.2) is 31.4 Å². The van der Waals surface area contributed by atoms with Crippen molar-refractivity contribution in [1.29, 1.82) is 0 Å². The van der Waals surface area contributed by atoms with E-state index in [1.54, 1.807) is 0 Å². The van der Waals surface area contributed by atoms with E-state index in [-0.39, 0.29) is 30.8 Å². The summed E-state index contributed by atoms with van der Waals surface area (Å²) in [7, 11) is 0. The van der Waals surface area contributed by atoms with Gasteiger partial charge < -0.3 is 16.0 Å². The summed E-state index contributed by atoms with van der Waals surface area (Å²) in [5, 5.41) is 8.80. The zero-order chi connectivity index (χ0) is 16.7. The quantitative estimate of drug-likeness (QED) is 0.665. The number of carbonyl (C=O) groups is 2. The second kappa shape index (κ2) is 10.7. The molecule has 2 rings (SSSR count). The molecule has 134 valence electrons. The summed E-state index contributed by atoms with van der Waals surface area (Å²) < 4.78 is 1.00. The Balaban J connectivity index is 0.00000288. The standard InChI is InChI=1S/C17H24BrN3O2.ClH/c1-12-10-14(3-4-15(12)18)21-17(23)11-20-16(22)5-2-13-6-8-19-9-7-13;/h3-4,10,13,19H,2,5-9,11H2,1H3,(H,20,22)(H,21,23);1H. The third-order valence-corrected chi connectivity index (χ3v) is 5.02. The molecule has 0 aliphatic carbocycles. The maximum absolute atomic E-state index is 11.9. The molecule has 24 heavy (non-hydrogen) atoms. The molecule has 1 aromatic rings. The number of rotatable bonds is 6. The van der Waals surface area contributed by atoms with Crippen molar-refractivity contribution in [2.45, 2.75) is 32.6 Å². The summed E-state index contributed by atoms with van der Waals surface area (Å²) in [6.07, 6.45) is 3.67. The van der Waals surface area contributed by atoms with Crippen molar-refractivity contribution in [3.63, 3.8) is 0 Å². The molecule has 1 heterocycles. The zero-order valence-corrected chi connectivity index (χ0v) is 16.3. The van der Waals surface area contributed by atoms with Gasteiger partial charge in [0.2, 0.25) is 11.8 Å². The van der Waals surface area contributed by atoms with E-state index < -0.39 is 0 Å². The average Bonchev–Trinajstić information content (AvgIpc) is 2.55. The van der Waals surface area contributed by atoms with Crippen LogP contribution in [-0.2, 0) is 9.59 Å². The van der Waals surface area contributed by atoms with E-state index in [1.807, 2.05) is 25.1 Å². The Hall–Kier alpha value is -1.11. The minimum absolute atomic E-state index is 0. The van der Waals surface area contributed by atoms with Gasteiger partial charge in [0, 0.05) is 16.6 Å². The van der Waals surface area contributed by atoms with Crippen molar-refractivity contribution in [2.24, 2.45) is 5.92 Å². The van der Waals surface area contributed by atoms with E-state index in [0.29, 0.717) is 12.3 Å². The fourth-order valence-electron chi connectivity index (χ4n) is 2.70. The third-order valence-electron chi connectivity index (χ3n) is 4.13. The molecule has 0 saturated carbocycles. The van der Waals surface area contributed by atoms with Crippen LogP contribution in [0.25, 0.3) is 0 Å². The average molecular weight is 419 g/mol. The number of aryl methyl sites for hydroxylation is 1. The first-order valence-electron chi connectivity index (χ1n) is 8.08. The van der Waals surface area contributed by atoms with Crippen molar-refractivity contribution < 1.29 is 9.59 Å². The number of nitrogens with one attached hydrogen (secondary N) is 3. The second-order valence-corrected chi connectivity index (χ2v) is 6.88. The van der Waals surface area contributed by atoms with Crippen LogP contribution >= 0.6 is 28.3 Å². The van der Waals surface area contributed by atoms with E-state index in [9.17, 15) is 9.59 Å². The lowest BCUT2D eigenvalue weighted by molar-refractivity contribution is -0.124. The molecule has 0 atom stereocenters. The Morgan fingerprint density at radius 2 is 1.96 bits per heavy atom. The molecule has 3 N–H and O–H groups in total. The zero-order valence-electron chi connectivity index (χ0n) is 13.9. The number of hydrogen-bond acceptors (Lipinski definition) is 3. The Labute approximate surface area is 157 Å². The summed E-state index contributed by atoms with van der Waals surface area (Å²) in [6.45, 7) is 4.06. The van der Waals surface area contributed by atoms with Gasteiger partial charge in [-0.25, -0.2) is 0 Å². The Morgan fingerprint density at radius 3 is 2.62 bits per heavy atom. The number of benzene rings is 1. The lowest BCUT2D eigenvalue weighted by atomic mass is 9.93. The molecule has 1 fully saturated rings. The number of anilines is 1. The SMILES string of the molecule is Cc1cc(NC(=O)CNC(=O)CCC2CCNCC2)ccc1Br.Cl. The van der Waals surface area contributed by atoms with Crippen LogP contribution in [0.3, 0.4) is 0 Å². The first kappa shape index (κ1) is 20.9. The largest absolute Gasteiger partial charge is 0.347 e. The smallest absolute Gasteiger partial charge is 0.243 e. The Morgan fingerprint density at radius 1 is 1.25 bits per heavy atom. The van der Waals surface area contributed by atoms with Crippen molar-refractivity contribution in [3.05, 3.63) is 28.2 Å².